The van der Waals surface area contributed by atoms with Crippen molar-refractivity contribution in [3.05, 3.63) is 78.0 Å². The quantitative estimate of drug-likeness (QED) is 0.590. The largest absolute Gasteiger partial charge is 0.457 e. The number of hydrogen-bond acceptors (Lipinski definition) is 5. The number of carbonyl (C=O) groups excluding carboxylic acids is 2. The smallest absolute Gasteiger partial charge is 0.255 e. The van der Waals surface area contributed by atoms with Gasteiger partial charge >= 0.3 is 0 Å². The van der Waals surface area contributed by atoms with E-state index in [-0.39, 0.29) is 5.91 Å². The molecule has 2 amide bonds. The third-order valence-corrected chi connectivity index (χ3v) is 4.58. The molecule has 0 radical (unpaired) electrons. The summed E-state index contributed by atoms with van der Waals surface area (Å²) >= 11 is 0. The first-order valence-electron chi connectivity index (χ1n) is 9.70. The van der Waals surface area contributed by atoms with Gasteiger partial charge in [-0.1, -0.05) is 0 Å². The molecule has 1 heterocycles. The minimum atomic E-state index is -0.491. The first-order valence-corrected chi connectivity index (χ1v) is 9.70. The Morgan fingerprint density at radius 2 is 1.47 bits per heavy atom. The van der Waals surface area contributed by atoms with Gasteiger partial charge in [0.05, 0.1) is 11.9 Å². The van der Waals surface area contributed by atoms with Gasteiger partial charge in [0.25, 0.3) is 5.91 Å². The highest BCUT2D eigenvalue weighted by molar-refractivity contribution is 6.04. The van der Waals surface area contributed by atoms with Gasteiger partial charge in [-0.3, -0.25) is 9.59 Å². The molecule has 154 valence electrons. The minimum absolute atomic E-state index is 0.232. The predicted molar refractivity (Wildman–Crippen MR) is 117 cm³/mol. The molecule has 0 aliphatic carbocycles. The van der Waals surface area contributed by atoms with Crippen LogP contribution in [0.15, 0.2) is 66.9 Å². The summed E-state index contributed by atoms with van der Waals surface area (Å²) < 4.78 is 5.72. The van der Waals surface area contributed by atoms with Crippen molar-refractivity contribution in [2.24, 2.45) is 5.73 Å². The highest BCUT2D eigenvalue weighted by atomic mass is 16.5. The fourth-order valence-corrected chi connectivity index (χ4v) is 2.90. The molecule has 1 aromatic heterocycles. The molecule has 0 saturated carbocycles. The molecule has 0 aliphatic heterocycles. The molecule has 0 aliphatic rings. The zero-order valence-electron chi connectivity index (χ0n) is 17.0. The number of ether oxygens (including phenoxy) is 1. The molecule has 2 aromatic carbocycles. The second-order valence-corrected chi connectivity index (χ2v) is 6.55. The van der Waals surface area contributed by atoms with Gasteiger partial charge in [-0.15, -0.1) is 0 Å². The zero-order chi connectivity index (χ0) is 21.5. The Morgan fingerprint density at radius 1 is 0.900 bits per heavy atom. The normalized spacial score (nSPS) is 10.3. The summed E-state index contributed by atoms with van der Waals surface area (Å²) in [4.78, 5) is 30.1. The van der Waals surface area contributed by atoms with Gasteiger partial charge in [0, 0.05) is 24.2 Å². The average Bonchev–Trinajstić information content (AvgIpc) is 2.76. The van der Waals surface area contributed by atoms with Crippen LogP contribution in [0.3, 0.4) is 0 Å². The number of nitrogens with one attached hydrogen (secondary N) is 1. The number of amides is 2. The highest BCUT2D eigenvalue weighted by Crippen LogP contribution is 2.22. The number of pyridine rings is 1. The third kappa shape index (κ3) is 5.14. The fourth-order valence-electron chi connectivity index (χ4n) is 2.90. The van der Waals surface area contributed by atoms with E-state index in [2.05, 4.69) is 29.0 Å². The van der Waals surface area contributed by atoms with E-state index in [1.165, 1.54) is 0 Å². The van der Waals surface area contributed by atoms with Crippen molar-refractivity contribution in [2.75, 3.05) is 23.3 Å². The number of carbonyl (C=O) groups is 2. The Kier molecular flexibility index (Phi) is 6.64. The standard InChI is InChI=1S/C23H24N4O3/c1-3-27(4-2)21-14-9-18(15-25-21)26-23(29)17-7-12-20(13-8-17)30-19-10-5-16(6-11-19)22(24)28/h5-15H,3-4H2,1-2H3,(H2,24,28)(H,26,29). The van der Waals surface area contributed by atoms with Crippen molar-refractivity contribution in [3.63, 3.8) is 0 Å². The van der Waals surface area contributed by atoms with Gasteiger partial charge in [-0.2, -0.15) is 0 Å². The maximum atomic E-state index is 12.5. The van der Waals surface area contributed by atoms with E-state index in [4.69, 9.17) is 10.5 Å². The lowest BCUT2D eigenvalue weighted by atomic mass is 10.2. The van der Waals surface area contributed by atoms with Crippen LogP contribution in [0.1, 0.15) is 34.6 Å². The van der Waals surface area contributed by atoms with E-state index in [0.29, 0.717) is 28.3 Å². The minimum Gasteiger partial charge on any atom is -0.457 e. The lowest BCUT2D eigenvalue weighted by Gasteiger charge is -2.19. The number of hydrogen-bond donors (Lipinski definition) is 2. The molecule has 0 spiro atoms. The van der Waals surface area contributed by atoms with Crippen molar-refractivity contribution in [1.29, 1.82) is 0 Å². The summed E-state index contributed by atoms with van der Waals surface area (Å²) in [5.41, 5.74) is 6.77. The molecule has 3 N–H and O–H groups in total. The Bertz CT molecular complexity index is 996. The molecular weight excluding hydrogens is 380 g/mol. The second-order valence-electron chi connectivity index (χ2n) is 6.55. The van der Waals surface area contributed by atoms with Gasteiger partial charge in [-0.05, 0) is 74.5 Å². The first kappa shape index (κ1) is 20.9. The summed E-state index contributed by atoms with van der Waals surface area (Å²) in [6.07, 6.45) is 1.65. The molecule has 0 unspecified atom stereocenters. The van der Waals surface area contributed by atoms with Crippen molar-refractivity contribution < 1.29 is 14.3 Å². The number of primary amides is 1. The Hall–Kier alpha value is -3.87. The van der Waals surface area contributed by atoms with E-state index in [1.54, 1.807) is 54.7 Å². The SMILES string of the molecule is CCN(CC)c1ccc(NC(=O)c2ccc(Oc3ccc(C(N)=O)cc3)cc2)cn1. The summed E-state index contributed by atoms with van der Waals surface area (Å²) in [7, 11) is 0. The molecule has 0 atom stereocenters. The van der Waals surface area contributed by atoms with Crippen LogP contribution >= 0.6 is 0 Å². The molecule has 7 nitrogen and oxygen atoms in total. The lowest BCUT2D eigenvalue weighted by molar-refractivity contribution is 0.0997. The summed E-state index contributed by atoms with van der Waals surface area (Å²) in [5, 5.41) is 2.84. The Balaban J connectivity index is 1.61. The summed E-state index contributed by atoms with van der Waals surface area (Å²) in [6.45, 7) is 5.90. The molecule has 0 bridgehead atoms. The Labute approximate surface area is 175 Å². The monoisotopic (exact) mass is 404 g/mol. The average molecular weight is 404 g/mol. The molecule has 0 saturated heterocycles. The van der Waals surface area contributed by atoms with E-state index >= 15 is 0 Å². The second kappa shape index (κ2) is 9.56. The maximum absolute atomic E-state index is 12.5. The Morgan fingerprint density at radius 3 is 1.93 bits per heavy atom. The van der Waals surface area contributed by atoms with Crippen molar-refractivity contribution in [2.45, 2.75) is 13.8 Å². The van der Waals surface area contributed by atoms with Crippen LogP contribution in [0.4, 0.5) is 11.5 Å². The molecule has 3 rings (SSSR count). The van der Waals surface area contributed by atoms with E-state index in [0.717, 1.165) is 18.9 Å². The number of nitrogens with zero attached hydrogens (tertiary/aromatic N) is 2. The van der Waals surface area contributed by atoms with Crippen LogP contribution in [0.25, 0.3) is 0 Å². The van der Waals surface area contributed by atoms with Gasteiger partial charge in [0.1, 0.15) is 17.3 Å². The van der Waals surface area contributed by atoms with Gasteiger partial charge in [0.2, 0.25) is 5.91 Å². The number of aromatic nitrogens is 1. The molecule has 0 fully saturated rings. The van der Waals surface area contributed by atoms with Crippen molar-refractivity contribution in [1.82, 2.24) is 4.98 Å². The number of anilines is 2. The van der Waals surface area contributed by atoms with Crippen LogP contribution in [0.2, 0.25) is 0 Å². The van der Waals surface area contributed by atoms with Crippen LogP contribution in [0.5, 0.6) is 11.5 Å². The highest BCUT2D eigenvalue weighted by Gasteiger charge is 2.09. The van der Waals surface area contributed by atoms with Crippen LogP contribution in [-0.4, -0.2) is 29.9 Å². The summed E-state index contributed by atoms with van der Waals surface area (Å²) in [5.74, 6) is 1.29. The predicted octanol–water partition coefficient (Wildman–Crippen LogP) is 4.07. The third-order valence-electron chi connectivity index (χ3n) is 4.58. The van der Waals surface area contributed by atoms with E-state index in [1.807, 2.05) is 12.1 Å². The molecule has 30 heavy (non-hydrogen) atoms. The fraction of sp³-hybridized carbons (Fsp3) is 0.174. The number of rotatable bonds is 8. The first-order chi connectivity index (χ1) is 14.5. The van der Waals surface area contributed by atoms with Gasteiger partial charge < -0.3 is 20.7 Å². The zero-order valence-corrected chi connectivity index (χ0v) is 17.0. The van der Waals surface area contributed by atoms with Crippen LogP contribution in [-0.2, 0) is 0 Å². The van der Waals surface area contributed by atoms with Gasteiger partial charge in [-0.25, -0.2) is 4.98 Å². The van der Waals surface area contributed by atoms with Gasteiger partial charge in [0.15, 0.2) is 0 Å². The summed E-state index contributed by atoms with van der Waals surface area (Å²) in [6, 6.07) is 17.0. The number of nitrogens with two attached hydrogens (primary N) is 1. The lowest BCUT2D eigenvalue weighted by Crippen LogP contribution is -2.22. The van der Waals surface area contributed by atoms with Crippen molar-refractivity contribution >= 4 is 23.3 Å². The molecular formula is C23H24N4O3. The van der Waals surface area contributed by atoms with Crippen LogP contribution in [0, 0.1) is 0 Å². The van der Waals surface area contributed by atoms with E-state index in [9.17, 15) is 9.59 Å². The molecule has 3 aromatic rings. The van der Waals surface area contributed by atoms with Crippen molar-refractivity contribution in [3.8, 4) is 11.5 Å². The topological polar surface area (TPSA) is 97.5 Å². The number of benzene rings is 2. The van der Waals surface area contributed by atoms with Crippen LogP contribution < -0.4 is 20.7 Å². The molecule has 7 heteroatoms. The van der Waals surface area contributed by atoms with E-state index < -0.39 is 5.91 Å². The maximum Gasteiger partial charge on any atom is 0.255 e.